The fourth-order valence-corrected chi connectivity index (χ4v) is 2.62. The highest BCUT2D eigenvalue weighted by Crippen LogP contribution is 2.34. The summed E-state index contributed by atoms with van der Waals surface area (Å²) in [6.07, 6.45) is 5.98. The molecule has 0 heterocycles. The fraction of sp³-hybridized carbons (Fsp3) is 1.00. The normalized spacial score (nSPS) is 30.6. The van der Waals surface area contributed by atoms with Gasteiger partial charge in [-0.15, -0.1) is 0 Å². The van der Waals surface area contributed by atoms with Crippen LogP contribution in [0.2, 0.25) is 0 Å². The Hall–Kier alpha value is -0.0800. The van der Waals surface area contributed by atoms with E-state index in [4.69, 9.17) is 10.8 Å². The minimum absolute atomic E-state index is 0.230. The van der Waals surface area contributed by atoms with Crippen LogP contribution < -0.4 is 5.73 Å². The second-order valence-electron chi connectivity index (χ2n) is 5.10. The molecule has 0 aromatic heterocycles. The van der Waals surface area contributed by atoms with Crippen molar-refractivity contribution < 1.29 is 5.11 Å². The molecular weight excluding hydrogens is 174 g/mol. The van der Waals surface area contributed by atoms with Crippen LogP contribution in [0.4, 0.5) is 0 Å². The van der Waals surface area contributed by atoms with Crippen LogP contribution >= 0.6 is 0 Å². The maximum Gasteiger partial charge on any atom is 0.0445 e. The first-order chi connectivity index (χ1) is 6.65. The lowest BCUT2D eigenvalue weighted by molar-refractivity contribution is 0.182. The van der Waals surface area contributed by atoms with Gasteiger partial charge < -0.3 is 10.8 Å². The standard InChI is InChI=1S/C12H25NO/c1-9(2)10-3-5-11(6-4-10)12(13)7-8-14/h9-12,14H,3-8,13H2,1-2H3. The van der Waals surface area contributed by atoms with Crippen molar-refractivity contribution in [3.05, 3.63) is 0 Å². The van der Waals surface area contributed by atoms with E-state index >= 15 is 0 Å². The van der Waals surface area contributed by atoms with Gasteiger partial charge in [0.25, 0.3) is 0 Å². The molecule has 84 valence electrons. The summed E-state index contributed by atoms with van der Waals surface area (Å²) < 4.78 is 0. The Bertz CT molecular complexity index is 150. The summed E-state index contributed by atoms with van der Waals surface area (Å²) in [5.74, 6) is 2.40. The van der Waals surface area contributed by atoms with Crippen LogP contribution in [0, 0.1) is 17.8 Å². The molecule has 3 N–H and O–H groups in total. The molecule has 1 saturated carbocycles. The Morgan fingerprint density at radius 1 is 1.14 bits per heavy atom. The number of aliphatic hydroxyl groups is 1. The number of nitrogens with two attached hydrogens (primary N) is 1. The molecule has 2 nitrogen and oxygen atoms in total. The molecule has 0 aromatic carbocycles. The lowest BCUT2D eigenvalue weighted by Crippen LogP contribution is -2.34. The van der Waals surface area contributed by atoms with Crippen molar-refractivity contribution in [2.75, 3.05) is 6.61 Å². The van der Waals surface area contributed by atoms with E-state index in [2.05, 4.69) is 13.8 Å². The van der Waals surface area contributed by atoms with E-state index in [0.29, 0.717) is 5.92 Å². The Morgan fingerprint density at radius 3 is 2.07 bits per heavy atom. The fourth-order valence-electron chi connectivity index (χ4n) is 2.62. The molecular formula is C12H25NO. The highest BCUT2D eigenvalue weighted by Gasteiger charge is 2.26. The lowest BCUT2D eigenvalue weighted by atomic mass is 9.74. The summed E-state index contributed by atoms with van der Waals surface area (Å²) in [7, 11) is 0. The molecule has 0 spiro atoms. The zero-order chi connectivity index (χ0) is 10.6. The largest absolute Gasteiger partial charge is 0.396 e. The van der Waals surface area contributed by atoms with E-state index in [1.807, 2.05) is 0 Å². The van der Waals surface area contributed by atoms with Gasteiger partial charge in [-0.25, -0.2) is 0 Å². The van der Waals surface area contributed by atoms with Gasteiger partial charge in [-0.2, -0.15) is 0 Å². The Kier molecular flexibility index (Phi) is 4.90. The average molecular weight is 199 g/mol. The molecule has 0 amide bonds. The monoisotopic (exact) mass is 199 g/mol. The molecule has 1 fully saturated rings. The summed E-state index contributed by atoms with van der Waals surface area (Å²) in [5, 5.41) is 8.83. The van der Waals surface area contributed by atoms with E-state index in [9.17, 15) is 0 Å². The van der Waals surface area contributed by atoms with E-state index in [-0.39, 0.29) is 12.6 Å². The molecule has 0 aromatic rings. The summed E-state index contributed by atoms with van der Waals surface area (Å²) in [6, 6.07) is 0.230. The second kappa shape index (κ2) is 5.72. The smallest absolute Gasteiger partial charge is 0.0445 e. The van der Waals surface area contributed by atoms with Crippen LogP contribution in [-0.4, -0.2) is 17.8 Å². The number of rotatable bonds is 4. The molecule has 14 heavy (non-hydrogen) atoms. The highest BCUT2D eigenvalue weighted by molar-refractivity contribution is 4.80. The topological polar surface area (TPSA) is 46.2 Å². The van der Waals surface area contributed by atoms with Crippen LogP contribution in [0.25, 0.3) is 0 Å². The van der Waals surface area contributed by atoms with Gasteiger partial charge >= 0.3 is 0 Å². The predicted molar refractivity (Wildman–Crippen MR) is 60.0 cm³/mol. The van der Waals surface area contributed by atoms with Gasteiger partial charge in [0.05, 0.1) is 0 Å². The van der Waals surface area contributed by atoms with Crippen molar-refractivity contribution in [3.8, 4) is 0 Å². The van der Waals surface area contributed by atoms with Crippen molar-refractivity contribution in [2.24, 2.45) is 23.5 Å². The summed E-state index contributed by atoms with van der Waals surface area (Å²) in [6.45, 7) is 4.88. The molecule has 1 rings (SSSR count). The summed E-state index contributed by atoms with van der Waals surface area (Å²) in [5.41, 5.74) is 6.02. The van der Waals surface area contributed by atoms with E-state index in [0.717, 1.165) is 18.3 Å². The molecule has 1 atom stereocenters. The first-order valence-corrected chi connectivity index (χ1v) is 6.01. The Labute approximate surface area is 87.9 Å². The van der Waals surface area contributed by atoms with E-state index in [1.54, 1.807) is 0 Å². The van der Waals surface area contributed by atoms with Crippen molar-refractivity contribution >= 4 is 0 Å². The van der Waals surface area contributed by atoms with Gasteiger partial charge in [0.15, 0.2) is 0 Å². The summed E-state index contributed by atoms with van der Waals surface area (Å²) in [4.78, 5) is 0. The average Bonchev–Trinajstić information content (AvgIpc) is 2.18. The first-order valence-electron chi connectivity index (χ1n) is 6.01. The van der Waals surface area contributed by atoms with Gasteiger partial charge in [-0.05, 0) is 49.9 Å². The van der Waals surface area contributed by atoms with Gasteiger partial charge in [0.1, 0.15) is 0 Å². The second-order valence-corrected chi connectivity index (χ2v) is 5.10. The molecule has 0 aliphatic heterocycles. The van der Waals surface area contributed by atoms with Crippen LogP contribution in [0.15, 0.2) is 0 Å². The maximum atomic E-state index is 8.83. The number of aliphatic hydroxyl groups excluding tert-OH is 1. The molecule has 1 unspecified atom stereocenters. The minimum atomic E-state index is 0.230. The van der Waals surface area contributed by atoms with Crippen LogP contribution in [-0.2, 0) is 0 Å². The van der Waals surface area contributed by atoms with E-state index < -0.39 is 0 Å². The first kappa shape index (κ1) is 12.0. The van der Waals surface area contributed by atoms with Crippen molar-refractivity contribution in [1.82, 2.24) is 0 Å². The van der Waals surface area contributed by atoms with E-state index in [1.165, 1.54) is 25.7 Å². The number of hydrogen-bond acceptors (Lipinski definition) is 2. The zero-order valence-corrected chi connectivity index (χ0v) is 9.58. The van der Waals surface area contributed by atoms with Crippen LogP contribution in [0.3, 0.4) is 0 Å². The van der Waals surface area contributed by atoms with Crippen LogP contribution in [0.1, 0.15) is 46.0 Å². The molecule has 2 heteroatoms. The maximum absolute atomic E-state index is 8.83. The van der Waals surface area contributed by atoms with Crippen molar-refractivity contribution in [2.45, 2.75) is 52.0 Å². The molecule has 1 aliphatic rings. The van der Waals surface area contributed by atoms with Gasteiger partial charge in [-0.3, -0.25) is 0 Å². The third-order valence-corrected chi connectivity index (χ3v) is 3.83. The molecule has 0 bridgehead atoms. The zero-order valence-electron chi connectivity index (χ0n) is 9.58. The Balaban J connectivity index is 2.28. The highest BCUT2D eigenvalue weighted by atomic mass is 16.3. The predicted octanol–water partition coefficient (Wildman–Crippen LogP) is 2.16. The van der Waals surface area contributed by atoms with Gasteiger partial charge in [0.2, 0.25) is 0 Å². The Morgan fingerprint density at radius 2 is 1.64 bits per heavy atom. The van der Waals surface area contributed by atoms with Crippen LogP contribution in [0.5, 0.6) is 0 Å². The molecule has 1 aliphatic carbocycles. The third-order valence-electron chi connectivity index (χ3n) is 3.83. The SMILES string of the molecule is CC(C)C1CCC(C(N)CCO)CC1. The number of hydrogen-bond donors (Lipinski definition) is 2. The molecule has 0 radical (unpaired) electrons. The third kappa shape index (κ3) is 3.25. The van der Waals surface area contributed by atoms with Gasteiger partial charge in [-0.1, -0.05) is 13.8 Å². The molecule has 0 saturated heterocycles. The minimum Gasteiger partial charge on any atom is -0.396 e. The summed E-state index contributed by atoms with van der Waals surface area (Å²) >= 11 is 0. The van der Waals surface area contributed by atoms with Crippen molar-refractivity contribution in [3.63, 3.8) is 0 Å². The van der Waals surface area contributed by atoms with Crippen molar-refractivity contribution in [1.29, 1.82) is 0 Å². The van der Waals surface area contributed by atoms with Gasteiger partial charge in [0, 0.05) is 12.6 Å². The lowest BCUT2D eigenvalue weighted by Gasteiger charge is -2.33. The quantitative estimate of drug-likeness (QED) is 0.729.